The molecule has 29 heavy (non-hydrogen) atoms. The predicted octanol–water partition coefficient (Wildman–Crippen LogP) is 5.82. The number of aromatic nitrogens is 2. The van der Waals surface area contributed by atoms with Crippen LogP contribution >= 0.6 is 31.9 Å². The average Bonchev–Trinajstić information content (AvgIpc) is 2.98. The van der Waals surface area contributed by atoms with Crippen LogP contribution in [0, 0.1) is 19.8 Å². The smallest absolute Gasteiger partial charge is 0.371 e. The van der Waals surface area contributed by atoms with Gasteiger partial charge in [-0.3, -0.25) is 4.57 Å². The Morgan fingerprint density at radius 1 is 1.07 bits per heavy atom. The minimum Gasteiger partial charge on any atom is -0.371 e. The molecule has 4 rings (SSSR count). The van der Waals surface area contributed by atoms with Crippen LogP contribution in [0.15, 0.2) is 39.4 Å². The highest BCUT2D eigenvalue weighted by Crippen LogP contribution is 2.36. The van der Waals surface area contributed by atoms with E-state index in [-0.39, 0.29) is 6.15 Å². The van der Waals surface area contributed by atoms with E-state index in [4.69, 9.17) is 14.6 Å². The molecule has 0 atom stereocenters. The van der Waals surface area contributed by atoms with Crippen LogP contribution in [-0.4, -0.2) is 28.8 Å². The SMILES string of the molecule is Cc1cc(N2CCC(C)CC2)c2c(C)cn(-c3ccc(Br)cc3Br)c2n1.O=C=O. The van der Waals surface area contributed by atoms with E-state index in [0.717, 1.165) is 45.0 Å². The van der Waals surface area contributed by atoms with Crippen molar-refractivity contribution in [3.8, 4) is 5.69 Å². The molecule has 1 aliphatic rings. The fourth-order valence-corrected chi connectivity index (χ4v) is 5.11. The lowest BCUT2D eigenvalue weighted by atomic mass is 9.98. The molecule has 2 aromatic heterocycles. The van der Waals surface area contributed by atoms with E-state index in [0.29, 0.717) is 0 Å². The lowest BCUT2D eigenvalue weighted by Crippen LogP contribution is -2.33. The first kappa shape index (κ1) is 21.8. The highest BCUT2D eigenvalue weighted by Gasteiger charge is 2.22. The van der Waals surface area contributed by atoms with E-state index in [1.54, 1.807) is 0 Å². The molecule has 0 N–H and O–H groups in total. The summed E-state index contributed by atoms with van der Waals surface area (Å²) in [4.78, 5) is 23.7. The monoisotopic (exact) mass is 519 g/mol. The second kappa shape index (κ2) is 9.24. The molecule has 0 amide bonds. The van der Waals surface area contributed by atoms with Crippen LogP contribution in [0.25, 0.3) is 16.7 Å². The van der Waals surface area contributed by atoms with Gasteiger partial charge in [0.1, 0.15) is 5.65 Å². The summed E-state index contributed by atoms with van der Waals surface area (Å²) in [5, 5.41) is 1.28. The van der Waals surface area contributed by atoms with Crippen LogP contribution in [0.5, 0.6) is 0 Å². The number of pyridine rings is 1. The second-order valence-corrected chi connectivity index (χ2v) is 9.28. The Hall–Kier alpha value is -1.95. The fraction of sp³-hybridized carbons (Fsp3) is 0.364. The molecule has 7 heteroatoms. The van der Waals surface area contributed by atoms with Gasteiger partial charge >= 0.3 is 6.15 Å². The quantitative estimate of drug-likeness (QED) is 0.427. The van der Waals surface area contributed by atoms with Crippen molar-refractivity contribution in [1.82, 2.24) is 9.55 Å². The Balaban J connectivity index is 0.000000755. The van der Waals surface area contributed by atoms with Crippen molar-refractivity contribution in [2.24, 2.45) is 5.92 Å². The topological polar surface area (TPSA) is 55.2 Å². The molecule has 0 radical (unpaired) electrons. The number of hydrogen-bond donors (Lipinski definition) is 0. The molecule has 0 spiro atoms. The van der Waals surface area contributed by atoms with Crippen molar-refractivity contribution in [1.29, 1.82) is 0 Å². The minimum absolute atomic E-state index is 0.250. The van der Waals surface area contributed by atoms with Gasteiger partial charge in [-0.2, -0.15) is 9.59 Å². The number of aryl methyl sites for hydroxylation is 2. The number of halogens is 2. The summed E-state index contributed by atoms with van der Waals surface area (Å²) in [5.74, 6) is 0.828. The lowest BCUT2D eigenvalue weighted by molar-refractivity contribution is -0.191. The van der Waals surface area contributed by atoms with Crippen molar-refractivity contribution < 1.29 is 9.59 Å². The summed E-state index contributed by atoms with van der Waals surface area (Å²) in [6.45, 7) is 8.91. The summed E-state index contributed by atoms with van der Waals surface area (Å²) in [7, 11) is 0. The summed E-state index contributed by atoms with van der Waals surface area (Å²) in [5.41, 5.74) is 5.83. The highest BCUT2D eigenvalue weighted by molar-refractivity contribution is 9.11. The standard InChI is InChI=1S/C21H23Br2N3.CO2/c1-13-6-8-25(9-7-13)19-10-15(3)24-21-20(19)14(2)12-26(21)18-5-4-16(22)11-17(18)23;2-1-3/h4-5,10-13H,6-9H2,1-3H3;. The molecular weight excluding hydrogens is 498 g/mol. The van der Waals surface area contributed by atoms with Crippen molar-refractivity contribution in [2.45, 2.75) is 33.6 Å². The van der Waals surface area contributed by atoms with E-state index in [1.165, 1.54) is 29.5 Å². The van der Waals surface area contributed by atoms with Crippen molar-refractivity contribution in [3.63, 3.8) is 0 Å². The fourth-order valence-electron chi connectivity index (χ4n) is 3.87. The largest absolute Gasteiger partial charge is 0.373 e. The molecule has 1 saturated heterocycles. The number of piperidine rings is 1. The molecule has 0 unspecified atom stereocenters. The molecule has 1 fully saturated rings. The second-order valence-electron chi connectivity index (χ2n) is 7.51. The van der Waals surface area contributed by atoms with Crippen molar-refractivity contribution in [2.75, 3.05) is 18.0 Å². The number of anilines is 1. The van der Waals surface area contributed by atoms with Crippen LogP contribution in [0.3, 0.4) is 0 Å². The number of hydrogen-bond acceptors (Lipinski definition) is 4. The van der Waals surface area contributed by atoms with Gasteiger partial charge < -0.3 is 4.90 Å². The van der Waals surface area contributed by atoms with Crippen LogP contribution < -0.4 is 4.90 Å². The number of benzene rings is 1. The highest BCUT2D eigenvalue weighted by atomic mass is 79.9. The predicted molar refractivity (Wildman–Crippen MR) is 122 cm³/mol. The van der Waals surface area contributed by atoms with Gasteiger partial charge in [-0.25, -0.2) is 4.98 Å². The number of nitrogens with zero attached hydrogens (tertiary/aromatic N) is 3. The Kier molecular flexibility index (Phi) is 6.93. The molecule has 5 nitrogen and oxygen atoms in total. The average molecular weight is 521 g/mol. The molecule has 0 bridgehead atoms. The zero-order valence-electron chi connectivity index (χ0n) is 16.7. The number of fused-ring (bicyclic) bond motifs is 1. The Morgan fingerprint density at radius 2 is 1.72 bits per heavy atom. The molecular formula is C22H23Br2N3O2. The maximum absolute atomic E-state index is 8.12. The number of carbonyl (C=O) groups excluding carboxylic acids is 2. The molecule has 3 heterocycles. The normalized spacial score (nSPS) is 14.4. The van der Waals surface area contributed by atoms with Crippen molar-refractivity contribution in [3.05, 3.63) is 50.7 Å². The van der Waals surface area contributed by atoms with Crippen LogP contribution in [0.4, 0.5) is 5.69 Å². The summed E-state index contributed by atoms with van der Waals surface area (Å²) in [6.07, 6.45) is 4.99. The molecule has 1 aromatic carbocycles. The molecule has 3 aromatic rings. The zero-order valence-corrected chi connectivity index (χ0v) is 19.9. The van der Waals surface area contributed by atoms with E-state index >= 15 is 0 Å². The maximum atomic E-state index is 8.12. The Labute approximate surface area is 187 Å². The van der Waals surface area contributed by atoms with Gasteiger partial charge in [-0.1, -0.05) is 22.9 Å². The Bertz CT molecular complexity index is 1060. The number of rotatable bonds is 2. The van der Waals surface area contributed by atoms with Gasteiger partial charge in [0.25, 0.3) is 0 Å². The van der Waals surface area contributed by atoms with E-state index in [1.807, 2.05) is 0 Å². The third-order valence-electron chi connectivity index (χ3n) is 5.35. The first-order valence-electron chi connectivity index (χ1n) is 9.54. The maximum Gasteiger partial charge on any atom is 0.373 e. The van der Waals surface area contributed by atoms with Gasteiger partial charge in [0.15, 0.2) is 0 Å². The van der Waals surface area contributed by atoms with E-state index in [9.17, 15) is 0 Å². The summed E-state index contributed by atoms with van der Waals surface area (Å²) < 4.78 is 4.33. The lowest BCUT2D eigenvalue weighted by Gasteiger charge is -2.33. The molecule has 0 saturated carbocycles. The van der Waals surface area contributed by atoms with Gasteiger partial charge in [0.2, 0.25) is 0 Å². The van der Waals surface area contributed by atoms with Gasteiger partial charge in [0.05, 0.1) is 5.69 Å². The van der Waals surface area contributed by atoms with Gasteiger partial charge in [-0.05, 0) is 78.4 Å². The molecule has 152 valence electrons. The van der Waals surface area contributed by atoms with Crippen LogP contribution in [-0.2, 0) is 9.59 Å². The zero-order chi connectivity index (χ0) is 21.1. The van der Waals surface area contributed by atoms with Crippen molar-refractivity contribution >= 4 is 54.7 Å². The third-order valence-corrected chi connectivity index (χ3v) is 6.47. The van der Waals surface area contributed by atoms with Gasteiger partial charge in [-0.15, -0.1) is 0 Å². The first-order chi connectivity index (χ1) is 13.8. The summed E-state index contributed by atoms with van der Waals surface area (Å²) >= 11 is 7.25. The Morgan fingerprint density at radius 3 is 2.34 bits per heavy atom. The van der Waals surface area contributed by atoms with E-state index in [2.05, 4.69) is 92.6 Å². The van der Waals surface area contributed by atoms with Crippen LogP contribution in [0.1, 0.15) is 31.0 Å². The van der Waals surface area contributed by atoms with Gasteiger partial charge in [0, 0.05) is 45.0 Å². The minimum atomic E-state index is 0.250. The first-order valence-corrected chi connectivity index (χ1v) is 11.1. The summed E-state index contributed by atoms with van der Waals surface area (Å²) in [6, 6.07) is 8.54. The third kappa shape index (κ3) is 4.63. The van der Waals surface area contributed by atoms with Crippen LogP contribution in [0.2, 0.25) is 0 Å². The molecule has 1 aliphatic heterocycles. The molecule has 0 aliphatic carbocycles. The van der Waals surface area contributed by atoms with E-state index < -0.39 is 0 Å².